The van der Waals surface area contributed by atoms with Crippen LogP contribution in [0.5, 0.6) is 0 Å². The van der Waals surface area contributed by atoms with E-state index in [1.54, 1.807) is 0 Å². The normalized spacial score (nSPS) is 12.0. The molecule has 76 heavy (non-hydrogen) atoms. The van der Waals surface area contributed by atoms with Crippen molar-refractivity contribution in [3.05, 3.63) is 336 Å². The van der Waals surface area contributed by atoms with Crippen LogP contribution in [-0.4, -0.2) is 0 Å². The van der Waals surface area contributed by atoms with Crippen molar-refractivity contribution in [3.63, 3.8) is 0 Å². The zero-order chi connectivity index (χ0) is 51.4. The van der Waals surface area contributed by atoms with E-state index in [1.807, 2.05) is 18.2 Å². The third kappa shape index (κ3) is 8.84. The lowest BCUT2D eigenvalue weighted by Gasteiger charge is -2.36. The highest BCUT2D eigenvalue weighted by Crippen LogP contribution is 2.61. The minimum Gasteiger partial charge on any atom is -0.310 e. The second-order valence-electron chi connectivity index (χ2n) is 19.8. The van der Waals surface area contributed by atoms with Crippen LogP contribution in [0.4, 0.5) is 34.1 Å². The molecule has 0 saturated carbocycles. The molecule has 0 N–H and O–H groups in total. The van der Waals surface area contributed by atoms with E-state index >= 15 is 0 Å². The van der Waals surface area contributed by atoms with Gasteiger partial charge in [0.2, 0.25) is 0 Å². The molecule has 0 radical (unpaired) electrons. The van der Waals surface area contributed by atoms with Gasteiger partial charge >= 0.3 is 0 Å². The number of nitrogens with zero attached hydrogens (tertiary/aromatic N) is 2. The summed E-state index contributed by atoms with van der Waals surface area (Å²) in [6.07, 6.45) is 0. The Morgan fingerprint density at radius 2 is 0.684 bits per heavy atom. The van der Waals surface area contributed by atoms with Gasteiger partial charge in [-0.25, -0.2) is 0 Å². The Balaban J connectivity index is 0.000000772. The van der Waals surface area contributed by atoms with Crippen LogP contribution in [0.1, 0.15) is 38.9 Å². The van der Waals surface area contributed by atoms with Gasteiger partial charge in [-0.05, 0) is 160 Å². The van der Waals surface area contributed by atoms with Gasteiger partial charge in [-0.3, -0.25) is 0 Å². The first-order valence-corrected chi connectivity index (χ1v) is 26.3. The number of para-hydroxylation sites is 3. The molecule has 2 nitrogen and oxygen atoms in total. The summed E-state index contributed by atoms with van der Waals surface area (Å²) in [6, 6.07) is 109. The van der Waals surface area contributed by atoms with Crippen LogP contribution in [-0.2, 0) is 5.41 Å². The van der Waals surface area contributed by atoms with E-state index in [0.717, 1.165) is 34.1 Å². The summed E-state index contributed by atoms with van der Waals surface area (Å²) in [7, 11) is 0. The van der Waals surface area contributed by atoms with Gasteiger partial charge in [0.15, 0.2) is 0 Å². The molecule has 1 aliphatic carbocycles. The van der Waals surface area contributed by atoms with E-state index in [9.17, 15) is 0 Å². The molecule has 0 aliphatic heterocycles. The minimum atomic E-state index is -0.755. The minimum absolute atomic E-state index is 0.755. The molecular formula is C74H58N2. The van der Waals surface area contributed by atoms with Crippen LogP contribution in [0.25, 0.3) is 44.2 Å². The van der Waals surface area contributed by atoms with Crippen molar-refractivity contribution < 1.29 is 0 Å². The van der Waals surface area contributed by atoms with Crippen molar-refractivity contribution in [1.29, 1.82) is 0 Å². The summed E-state index contributed by atoms with van der Waals surface area (Å²) >= 11 is 0. The van der Waals surface area contributed by atoms with Crippen molar-refractivity contribution in [2.45, 2.75) is 26.2 Å². The van der Waals surface area contributed by atoms with E-state index in [4.69, 9.17) is 0 Å². The molecule has 0 saturated heterocycles. The lowest BCUT2D eigenvalue weighted by molar-refractivity contribution is 0.769. The molecule has 0 amide bonds. The average Bonchev–Trinajstić information content (AvgIpc) is 3.79. The SMILES string of the molecule is Cc1ccc(N(c2ccccc2)c2ccc3c(c2)C(c2ccc(-c4ccccc4)cc2)(c2ccc(-c4ccccc4)cc2)c2cc(N(c4ccccc4)c4ccccc4)c4ccccc4c2-3)cc1C.Cc1ccccc1. The van der Waals surface area contributed by atoms with Crippen LogP contribution in [0.3, 0.4) is 0 Å². The Morgan fingerprint density at radius 1 is 0.276 bits per heavy atom. The summed E-state index contributed by atoms with van der Waals surface area (Å²) in [5, 5.41) is 2.41. The van der Waals surface area contributed by atoms with E-state index in [2.05, 4.69) is 310 Å². The molecule has 13 rings (SSSR count). The number of benzene rings is 12. The number of aryl methyl sites for hydroxylation is 3. The van der Waals surface area contributed by atoms with Crippen LogP contribution < -0.4 is 9.80 Å². The van der Waals surface area contributed by atoms with E-state index in [0.29, 0.717) is 0 Å². The Kier molecular flexibility index (Phi) is 13.0. The molecule has 0 atom stereocenters. The first-order chi connectivity index (χ1) is 37.5. The average molecular weight is 975 g/mol. The van der Waals surface area contributed by atoms with Gasteiger partial charge in [0.1, 0.15) is 0 Å². The molecule has 1 aliphatic rings. The lowest BCUT2D eigenvalue weighted by Crippen LogP contribution is -2.29. The second-order valence-corrected chi connectivity index (χ2v) is 19.8. The standard InChI is InChI=1S/C67H50N2.C7H8/c1-47-32-41-58(44-48(47)2)68(55-24-12-5-13-25-55)59-42-43-62-63(45-59)67(53-37-33-51(34-38-53)49-20-8-3-9-21-49,54-39-35-52(36-40-54)50-22-10-4-11-23-50)64-46-65(60-30-18-19-31-61(60)66(62)64)69(56-26-14-6-15-27-56)57-28-16-7-17-29-57;1-7-5-3-2-4-6-7/h3-46H,1-2H3;2-6H,1H3. The number of hydrogen-bond acceptors (Lipinski definition) is 2. The van der Waals surface area contributed by atoms with Gasteiger partial charge in [0.05, 0.1) is 11.1 Å². The number of anilines is 6. The predicted molar refractivity (Wildman–Crippen MR) is 322 cm³/mol. The second kappa shape index (κ2) is 20.8. The maximum atomic E-state index is 2.52. The van der Waals surface area contributed by atoms with Crippen LogP contribution in [0.2, 0.25) is 0 Å². The van der Waals surface area contributed by atoms with Crippen molar-refractivity contribution in [2.24, 2.45) is 0 Å². The smallest absolute Gasteiger partial charge is 0.0715 e. The Hall–Kier alpha value is -9.50. The fourth-order valence-corrected chi connectivity index (χ4v) is 11.4. The van der Waals surface area contributed by atoms with E-state index in [-0.39, 0.29) is 0 Å². The summed E-state index contributed by atoms with van der Waals surface area (Å²) in [4.78, 5) is 4.86. The summed E-state index contributed by atoms with van der Waals surface area (Å²) in [5.41, 5.74) is 21.9. The number of hydrogen-bond donors (Lipinski definition) is 0. The molecule has 2 heteroatoms. The number of rotatable bonds is 10. The largest absolute Gasteiger partial charge is 0.310 e. The molecule has 0 bridgehead atoms. The van der Waals surface area contributed by atoms with Crippen molar-refractivity contribution in [3.8, 4) is 33.4 Å². The monoisotopic (exact) mass is 974 g/mol. The van der Waals surface area contributed by atoms with E-state index in [1.165, 1.54) is 83.1 Å². The third-order valence-corrected chi connectivity index (χ3v) is 15.2. The molecule has 0 unspecified atom stereocenters. The Bertz CT molecular complexity index is 3790. The molecule has 0 fully saturated rings. The van der Waals surface area contributed by atoms with Crippen molar-refractivity contribution in [1.82, 2.24) is 0 Å². The fourth-order valence-electron chi connectivity index (χ4n) is 11.4. The van der Waals surface area contributed by atoms with Crippen LogP contribution in [0, 0.1) is 20.8 Å². The number of fused-ring (bicyclic) bond motifs is 5. The quantitative estimate of drug-likeness (QED) is 0.135. The van der Waals surface area contributed by atoms with Gasteiger partial charge in [-0.2, -0.15) is 0 Å². The van der Waals surface area contributed by atoms with Crippen molar-refractivity contribution in [2.75, 3.05) is 9.80 Å². The highest BCUT2D eigenvalue weighted by molar-refractivity contribution is 6.11. The maximum Gasteiger partial charge on any atom is 0.0715 e. The topological polar surface area (TPSA) is 6.48 Å². The van der Waals surface area contributed by atoms with Crippen LogP contribution >= 0.6 is 0 Å². The maximum absolute atomic E-state index is 2.52. The van der Waals surface area contributed by atoms with Gasteiger partial charge in [0, 0.05) is 33.8 Å². The zero-order valence-corrected chi connectivity index (χ0v) is 43.2. The molecule has 0 spiro atoms. The van der Waals surface area contributed by atoms with Gasteiger partial charge < -0.3 is 9.80 Å². The Morgan fingerprint density at radius 3 is 1.16 bits per heavy atom. The lowest BCUT2D eigenvalue weighted by atomic mass is 9.67. The van der Waals surface area contributed by atoms with E-state index < -0.39 is 5.41 Å². The fraction of sp³-hybridized carbons (Fsp3) is 0.0541. The first kappa shape index (κ1) is 47.5. The zero-order valence-electron chi connectivity index (χ0n) is 43.2. The Labute approximate surface area is 448 Å². The van der Waals surface area contributed by atoms with Gasteiger partial charge in [-0.15, -0.1) is 0 Å². The molecule has 364 valence electrons. The van der Waals surface area contributed by atoms with Gasteiger partial charge in [0.25, 0.3) is 0 Å². The molecule has 0 aromatic heterocycles. The molecule has 0 heterocycles. The molecule has 12 aromatic rings. The summed E-state index contributed by atoms with van der Waals surface area (Å²) in [5.74, 6) is 0. The molecular weight excluding hydrogens is 917 g/mol. The predicted octanol–water partition coefficient (Wildman–Crippen LogP) is 20.1. The van der Waals surface area contributed by atoms with Crippen LogP contribution in [0.15, 0.2) is 297 Å². The van der Waals surface area contributed by atoms with Gasteiger partial charge in [-0.1, -0.05) is 236 Å². The summed E-state index contributed by atoms with van der Waals surface area (Å²) < 4.78 is 0. The third-order valence-electron chi connectivity index (χ3n) is 15.2. The summed E-state index contributed by atoms with van der Waals surface area (Å²) in [6.45, 7) is 6.48. The first-order valence-electron chi connectivity index (χ1n) is 26.3. The highest BCUT2D eigenvalue weighted by atomic mass is 15.1. The highest BCUT2D eigenvalue weighted by Gasteiger charge is 2.48. The molecule has 12 aromatic carbocycles. The van der Waals surface area contributed by atoms with Crippen molar-refractivity contribution >= 4 is 44.9 Å².